The molecule has 2 aliphatic rings. The van der Waals surface area contributed by atoms with Crippen LogP contribution >= 0.6 is 23.5 Å². The maximum Gasteiger partial charge on any atom is 0.0644 e. The van der Waals surface area contributed by atoms with E-state index in [1.807, 2.05) is 0 Å². The number of hydrogen-bond acceptors (Lipinski definition) is 2. The van der Waals surface area contributed by atoms with Crippen molar-refractivity contribution in [3.8, 4) is 0 Å². The van der Waals surface area contributed by atoms with Gasteiger partial charge in [-0.3, -0.25) is 0 Å². The minimum absolute atomic E-state index is 0.617. The molecule has 1 aliphatic heterocycles. The van der Waals surface area contributed by atoms with Crippen LogP contribution < -0.4 is 0 Å². The highest BCUT2D eigenvalue weighted by Gasteiger charge is 2.47. The largest absolute Gasteiger partial charge is 0.143 e. The van der Waals surface area contributed by atoms with Gasteiger partial charge in [0.2, 0.25) is 0 Å². The van der Waals surface area contributed by atoms with Crippen molar-refractivity contribution in [3.63, 3.8) is 0 Å². The second kappa shape index (κ2) is 4.29. The van der Waals surface area contributed by atoms with Crippen LogP contribution in [0.15, 0.2) is 0 Å². The van der Waals surface area contributed by atoms with Crippen LogP contribution in [0.5, 0.6) is 0 Å². The Morgan fingerprint density at radius 3 is 2.36 bits per heavy atom. The van der Waals surface area contributed by atoms with Crippen molar-refractivity contribution in [2.45, 2.75) is 44.1 Å². The standard InChI is InChI=1S/C12H22S2/c1-9(2)11-5-4-10(3)8-12(11)13-6-7-14-12/h9-11H,4-8H2,1-3H3. The van der Waals surface area contributed by atoms with E-state index in [9.17, 15) is 0 Å². The Labute approximate surface area is 97.0 Å². The fourth-order valence-corrected chi connectivity index (χ4v) is 7.27. The molecule has 0 amide bonds. The average Bonchev–Trinajstić information content (AvgIpc) is 2.52. The van der Waals surface area contributed by atoms with E-state index in [2.05, 4.69) is 44.3 Å². The molecular formula is C12H22S2. The lowest BCUT2D eigenvalue weighted by Gasteiger charge is -2.44. The highest BCUT2D eigenvalue weighted by molar-refractivity contribution is 8.21. The molecule has 14 heavy (non-hydrogen) atoms. The van der Waals surface area contributed by atoms with Gasteiger partial charge >= 0.3 is 0 Å². The quantitative estimate of drug-likeness (QED) is 0.660. The summed E-state index contributed by atoms with van der Waals surface area (Å²) in [4.78, 5) is 0. The molecule has 0 bridgehead atoms. The Kier molecular flexibility index (Phi) is 3.43. The predicted octanol–water partition coefficient (Wildman–Crippen LogP) is 4.25. The fraction of sp³-hybridized carbons (Fsp3) is 1.00. The molecular weight excluding hydrogens is 208 g/mol. The molecule has 0 aromatic carbocycles. The molecule has 2 fully saturated rings. The van der Waals surface area contributed by atoms with Crippen molar-refractivity contribution in [2.24, 2.45) is 17.8 Å². The van der Waals surface area contributed by atoms with E-state index in [-0.39, 0.29) is 0 Å². The Hall–Kier alpha value is 0.700. The fourth-order valence-electron chi connectivity index (χ4n) is 3.07. The molecule has 2 heteroatoms. The van der Waals surface area contributed by atoms with Gasteiger partial charge in [-0.2, -0.15) is 0 Å². The summed E-state index contributed by atoms with van der Waals surface area (Å²) in [6, 6.07) is 0. The van der Waals surface area contributed by atoms with Gasteiger partial charge in [-0.25, -0.2) is 0 Å². The topological polar surface area (TPSA) is 0 Å². The Balaban J connectivity index is 2.14. The molecule has 0 radical (unpaired) electrons. The second-order valence-corrected chi connectivity index (χ2v) is 8.36. The maximum absolute atomic E-state index is 2.44. The van der Waals surface area contributed by atoms with E-state index < -0.39 is 0 Å². The van der Waals surface area contributed by atoms with Crippen molar-refractivity contribution < 1.29 is 0 Å². The molecule has 0 aromatic rings. The van der Waals surface area contributed by atoms with Crippen LogP contribution in [0.1, 0.15) is 40.0 Å². The minimum atomic E-state index is 0.617. The van der Waals surface area contributed by atoms with Gasteiger partial charge in [0.05, 0.1) is 4.08 Å². The van der Waals surface area contributed by atoms with E-state index >= 15 is 0 Å². The third-order valence-corrected chi connectivity index (χ3v) is 7.45. The third-order valence-electron chi connectivity index (χ3n) is 3.75. The third kappa shape index (κ3) is 1.97. The van der Waals surface area contributed by atoms with Gasteiger partial charge < -0.3 is 0 Å². The summed E-state index contributed by atoms with van der Waals surface area (Å²) in [5.74, 6) is 5.58. The van der Waals surface area contributed by atoms with Crippen molar-refractivity contribution in [3.05, 3.63) is 0 Å². The van der Waals surface area contributed by atoms with Gasteiger partial charge in [0.25, 0.3) is 0 Å². The zero-order valence-corrected chi connectivity index (χ0v) is 11.2. The molecule has 0 N–H and O–H groups in total. The molecule has 2 rings (SSSR count). The van der Waals surface area contributed by atoms with Crippen LogP contribution in [-0.4, -0.2) is 15.6 Å². The lowest BCUT2D eigenvalue weighted by atomic mass is 9.76. The zero-order valence-electron chi connectivity index (χ0n) is 9.58. The monoisotopic (exact) mass is 230 g/mol. The molecule has 1 saturated heterocycles. The molecule has 1 heterocycles. The molecule has 1 saturated carbocycles. The van der Waals surface area contributed by atoms with E-state index in [0.29, 0.717) is 4.08 Å². The SMILES string of the molecule is CC1CCC(C(C)C)C2(C1)SCCS2. The first-order valence-electron chi connectivity index (χ1n) is 5.92. The molecule has 0 nitrogen and oxygen atoms in total. The van der Waals surface area contributed by atoms with E-state index in [4.69, 9.17) is 0 Å². The number of rotatable bonds is 1. The van der Waals surface area contributed by atoms with E-state index in [1.165, 1.54) is 30.8 Å². The zero-order chi connectivity index (χ0) is 10.2. The van der Waals surface area contributed by atoms with Crippen LogP contribution in [0.25, 0.3) is 0 Å². The number of thioether (sulfide) groups is 2. The first-order valence-corrected chi connectivity index (χ1v) is 7.89. The lowest BCUT2D eigenvalue weighted by molar-refractivity contribution is 0.228. The van der Waals surface area contributed by atoms with Gasteiger partial charge in [0, 0.05) is 11.5 Å². The Bertz CT molecular complexity index is 194. The molecule has 0 aromatic heterocycles. The number of hydrogen-bond donors (Lipinski definition) is 0. The second-order valence-electron chi connectivity index (χ2n) is 5.25. The summed E-state index contributed by atoms with van der Waals surface area (Å²) in [6.07, 6.45) is 4.40. The van der Waals surface area contributed by atoms with Gasteiger partial charge in [0.15, 0.2) is 0 Å². The summed E-state index contributed by atoms with van der Waals surface area (Å²) in [6.45, 7) is 7.28. The Morgan fingerprint density at radius 1 is 1.14 bits per heavy atom. The first kappa shape index (κ1) is 11.2. The van der Waals surface area contributed by atoms with Crippen molar-refractivity contribution in [2.75, 3.05) is 11.5 Å². The molecule has 82 valence electrons. The van der Waals surface area contributed by atoms with E-state index in [1.54, 1.807) is 0 Å². The van der Waals surface area contributed by atoms with Crippen molar-refractivity contribution >= 4 is 23.5 Å². The first-order chi connectivity index (χ1) is 6.64. The molecule has 2 unspecified atom stereocenters. The van der Waals surface area contributed by atoms with Crippen LogP contribution in [0.2, 0.25) is 0 Å². The summed E-state index contributed by atoms with van der Waals surface area (Å²) < 4.78 is 0.617. The average molecular weight is 230 g/mol. The summed E-state index contributed by atoms with van der Waals surface area (Å²) in [5, 5.41) is 0. The van der Waals surface area contributed by atoms with Crippen LogP contribution in [-0.2, 0) is 0 Å². The van der Waals surface area contributed by atoms with Gasteiger partial charge in [0.1, 0.15) is 0 Å². The van der Waals surface area contributed by atoms with Gasteiger partial charge in [-0.05, 0) is 30.6 Å². The molecule has 1 aliphatic carbocycles. The highest BCUT2D eigenvalue weighted by Crippen LogP contribution is 2.58. The van der Waals surface area contributed by atoms with Crippen LogP contribution in [0.4, 0.5) is 0 Å². The maximum atomic E-state index is 2.44. The summed E-state index contributed by atoms with van der Waals surface area (Å²) in [5.41, 5.74) is 0. The lowest BCUT2D eigenvalue weighted by Crippen LogP contribution is -2.38. The van der Waals surface area contributed by atoms with Crippen molar-refractivity contribution in [1.29, 1.82) is 0 Å². The molecule has 2 atom stereocenters. The minimum Gasteiger partial charge on any atom is -0.143 e. The van der Waals surface area contributed by atoms with Crippen molar-refractivity contribution in [1.82, 2.24) is 0 Å². The normalized spacial score (nSPS) is 36.9. The van der Waals surface area contributed by atoms with E-state index in [0.717, 1.165) is 17.8 Å². The Morgan fingerprint density at radius 2 is 1.79 bits per heavy atom. The van der Waals surface area contributed by atoms with Crippen LogP contribution in [0, 0.1) is 17.8 Å². The van der Waals surface area contributed by atoms with Crippen LogP contribution in [0.3, 0.4) is 0 Å². The summed E-state index contributed by atoms with van der Waals surface area (Å²) in [7, 11) is 0. The van der Waals surface area contributed by atoms with Gasteiger partial charge in [-0.1, -0.05) is 27.2 Å². The van der Waals surface area contributed by atoms with Gasteiger partial charge in [-0.15, -0.1) is 23.5 Å². The summed E-state index contributed by atoms with van der Waals surface area (Å²) >= 11 is 4.54. The molecule has 1 spiro atoms. The predicted molar refractivity (Wildman–Crippen MR) is 69.0 cm³/mol. The highest BCUT2D eigenvalue weighted by atomic mass is 32.2. The smallest absolute Gasteiger partial charge is 0.0644 e.